The number of nitrogens with zero attached hydrogens (tertiary/aromatic N) is 6. The second-order valence-electron chi connectivity index (χ2n) is 37.3. The third kappa shape index (κ3) is 16.8. The molecule has 0 aliphatic carbocycles. The lowest BCUT2D eigenvalue weighted by Gasteiger charge is -2.26. The van der Waals surface area contributed by atoms with Gasteiger partial charge in [0.1, 0.15) is 16.7 Å². The first-order chi connectivity index (χ1) is 74.4. The molecule has 6 heterocycles. The molecule has 12 heteroatoms. The number of anilines is 18. The molecule has 0 N–H and O–H groups in total. The van der Waals surface area contributed by atoms with Crippen LogP contribution in [0.15, 0.2) is 571 Å². The van der Waals surface area contributed by atoms with Crippen LogP contribution in [0.25, 0.3) is 149 Å². The molecule has 0 unspecified atom stereocenters. The summed E-state index contributed by atoms with van der Waals surface area (Å²) in [6.07, 6.45) is 0. The van der Waals surface area contributed by atoms with Crippen molar-refractivity contribution in [1.82, 2.24) is 0 Å². The summed E-state index contributed by atoms with van der Waals surface area (Å²) in [5, 5.41) is 14.2. The number of para-hydroxylation sites is 10. The zero-order valence-electron chi connectivity index (χ0n) is 81.2. The summed E-state index contributed by atoms with van der Waals surface area (Å²) >= 11 is 5.53. The molecule has 9 nitrogen and oxygen atoms in total. The van der Waals surface area contributed by atoms with Crippen LogP contribution in [0.3, 0.4) is 0 Å². The zero-order valence-corrected chi connectivity index (χ0v) is 83.7. The van der Waals surface area contributed by atoms with E-state index in [1.807, 2.05) is 46.1 Å². The normalized spacial score (nSPS) is 11.5. The maximum atomic E-state index is 6.78. The number of rotatable bonds is 20. The van der Waals surface area contributed by atoms with Crippen molar-refractivity contribution in [3.63, 3.8) is 0 Å². The third-order valence-electron chi connectivity index (χ3n) is 28.3. The highest BCUT2D eigenvalue weighted by molar-refractivity contribution is 7.26. The Hall–Kier alpha value is -19.1. The number of fused-ring (bicyclic) bond motifs is 18. The van der Waals surface area contributed by atoms with Crippen molar-refractivity contribution in [2.45, 2.75) is 0 Å². The third-order valence-corrected chi connectivity index (χ3v) is 31.7. The van der Waals surface area contributed by atoms with Gasteiger partial charge in [-0.15, -0.1) is 34.0 Å². The van der Waals surface area contributed by atoms with E-state index in [1.54, 1.807) is 0 Å². The molecule has 0 saturated heterocycles. The summed E-state index contributed by atoms with van der Waals surface area (Å²) in [4.78, 5) is 13.9. The van der Waals surface area contributed by atoms with Gasteiger partial charge >= 0.3 is 0 Å². The minimum absolute atomic E-state index is 0.851. The summed E-state index contributed by atoms with van der Waals surface area (Å²) in [5.41, 5.74) is 29.2. The number of furan rings is 3. The predicted molar refractivity (Wildman–Crippen MR) is 639 cm³/mol. The molecule has 29 aromatic rings. The highest BCUT2D eigenvalue weighted by Gasteiger charge is 2.28. The molecule has 0 saturated carbocycles. The smallest absolute Gasteiger partial charge is 0.159 e. The predicted octanol–water partition coefficient (Wildman–Crippen LogP) is 42.0. The standard InChI is InChI=1S/2C48H32N2OS.C42H28N2OS/c1-4-13-33(14-5-1)34-23-25-37(26-24-34)49(39-27-29-41-40-19-10-11-22-46(40)52-47(41)32-39)38-28-30-45-43(31-38)42-20-12-21-44(48(42)51-45)50(35-15-6-2-7-16-35)36-17-8-3-9-18-36;1-4-13-33(14-5-1)34-23-25-37(26-24-34)50(36-17-8-3-9-18-36)44-21-12-20-42-43-31-38(28-30-45(43)51-48(42)44)49(35-15-6-2-7-16-35)39-27-29-41-40-19-10-11-22-46(40)52-47(41)32-39;1-4-13-29(14-5-1)43(33-23-25-35-34-19-10-11-22-40(34)46-41(35)28-33)32-24-26-39-37(27-32)36-20-12-21-38(42(36)45-39)44(30-15-6-2-7-16-30)31-17-8-3-9-18-31/h2*1-32H;1-28H. The Kier molecular flexibility index (Phi) is 23.4. The molecular weight excluding hydrogens is 1890 g/mol. The fraction of sp³-hybridized carbons (Fsp3) is 0. The highest BCUT2D eigenvalue weighted by atomic mass is 32.1. The van der Waals surface area contributed by atoms with Crippen LogP contribution < -0.4 is 29.4 Å². The number of hydrogen-bond acceptors (Lipinski definition) is 12. The van der Waals surface area contributed by atoms with E-state index in [0.29, 0.717) is 0 Å². The number of thiophene rings is 3. The van der Waals surface area contributed by atoms with Gasteiger partial charge in [-0.2, -0.15) is 0 Å². The molecule has 0 amide bonds. The van der Waals surface area contributed by atoms with Crippen molar-refractivity contribution < 1.29 is 13.3 Å². The van der Waals surface area contributed by atoms with Crippen LogP contribution in [0, 0.1) is 0 Å². The van der Waals surface area contributed by atoms with Crippen LogP contribution in [0.1, 0.15) is 0 Å². The maximum absolute atomic E-state index is 6.78. The Bertz CT molecular complexity index is 9910. The Labute approximate surface area is 878 Å². The van der Waals surface area contributed by atoms with E-state index in [-0.39, 0.29) is 0 Å². The van der Waals surface area contributed by atoms with Gasteiger partial charge < -0.3 is 42.7 Å². The van der Waals surface area contributed by atoms with E-state index >= 15 is 0 Å². The molecular formula is C138H92N6O3S3. The van der Waals surface area contributed by atoms with E-state index < -0.39 is 0 Å². The zero-order chi connectivity index (χ0) is 99.3. The Morgan fingerprint density at radius 2 is 0.313 bits per heavy atom. The summed E-state index contributed by atoms with van der Waals surface area (Å²) in [6, 6.07) is 198. The first-order valence-electron chi connectivity index (χ1n) is 50.5. The Balaban J connectivity index is 0.000000111. The molecule has 0 atom stereocenters. The van der Waals surface area contributed by atoms with Gasteiger partial charge in [0.05, 0.1) is 17.1 Å². The minimum Gasteiger partial charge on any atom is -0.454 e. The second kappa shape index (κ2) is 39.1. The van der Waals surface area contributed by atoms with Crippen molar-refractivity contribution in [3.05, 3.63) is 558 Å². The summed E-state index contributed by atoms with van der Waals surface area (Å²) in [7, 11) is 0. The summed E-state index contributed by atoms with van der Waals surface area (Å²) in [6.45, 7) is 0. The van der Waals surface area contributed by atoms with E-state index in [9.17, 15) is 0 Å². The molecule has 23 aromatic carbocycles. The number of hydrogen-bond donors (Lipinski definition) is 0. The first kappa shape index (κ1) is 89.7. The molecule has 0 radical (unpaired) electrons. The lowest BCUT2D eigenvalue weighted by Crippen LogP contribution is -2.10. The lowest BCUT2D eigenvalue weighted by molar-refractivity contribution is 0.668. The van der Waals surface area contributed by atoms with Crippen LogP contribution in [0.2, 0.25) is 0 Å². The quantitative estimate of drug-likeness (QED) is 0.0743. The molecule has 6 aromatic heterocycles. The van der Waals surface area contributed by atoms with Crippen LogP contribution in [-0.2, 0) is 0 Å². The Morgan fingerprint density at radius 3 is 0.587 bits per heavy atom. The Morgan fingerprint density at radius 1 is 0.120 bits per heavy atom. The minimum atomic E-state index is 0.851. The van der Waals surface area contributed by atoms with Crippen molar-refractivity contribution in [2.75, 3.05) is 29.4 Å². The molecule has 0 aliphatic rings. The molecule has 29 rings (SSSR count). The fourth-order valence-electron chi connectivity index (χ4n) is 21.4. The van der Waals surface area contributed by atoms with Crippen molar-refractivity contribution in [3.8, 4) is 22.3 Å². The molecule has 0 bridgehead atoms. The largest absolute Gasteiger partial charge is 0.454 e. The fourth-order valence-corrected chi connectivity index (χ4v) is 24.8. The van der Waals surface area contributed by atoms with Gasteiger partial charge in [0.25, 0.3) is 0 Å². The lowest BCUT2D eigenvalue weighted by atomic mass is 10.0. The summed E-state index contributed by atoms with van der Waals surface area (Å²) < 4.78 is 28.0. The van der Waals surface area contributed by atoms with Crippen LogP contribution in [0.5, 0.6) is 0 Å². The van der Waals surface area contributed by atoms with Crippen LogP contribution in [0.4, 0.5) is 102 Å². The van der Waals surface area contributed by atoms with Crippen molar-refractivity contribution >= 4 is 263 Å². The van der Waals surface area contributed by atoms with E-state index in [2.05, 4.69) is 575 Å². The molecule has 150 heavy (non-hydrogen) atoms. The van der Waals surface area contributed by atoms with Crippen LogP contribution in [-0.4, -0.2) is 0 Å². The van der Waals surface area contributed by atoms with Gasteiger partial charge in [0.15, 0.2) is 16.7 Å². The second-order valence-corrected chi connectivity index (χ2v) is 40.6. The van der Waals surface area contributed by atoms with Gasteiger partial charge in [-0.1, -0.05) is 322 Å². The highest BCUT2D eigenvalue weighted by Crippen LogP contribution is 2.53. The van der Waals surface area contributed by atoms with Crippen molar-refractivity contribution in [2.24, 2.45) is 0 Å². The van der Waals surface area contributed by atoms with Gasteiger partial charge in [-0.3, -0.25) is 0 Å². The van der Waals surface area contributed by atoms with E-state index in [0.717, 1.165) is 168 Å². The topological polar surface area (TPSA) is 58.9 Å². The average Bonchev–Trinajstić information content (AvgIpc) is 1.60. The first-order valence-corrected chi connectivity index (χ1v) is 52.9. The van der Waals surface area contributed by atoms with Gasteiger partial charge in [0, 0.05) is 178 Å². The summed E-state index contributed by atoms with van der Waals surface area (Å²) in [5.74, 6) is 0. The van der Waals surface area contributed by atoms with Crippen LogP contribution >= 0.6 is 34.0 Å². The van der Waals surface area contributed by atoms with Gasteiger partial charge in [-0.05, 0) is 259 Å². The molecule has 710 valence electrons. The number of benzene rings is 23. The van der Waals surface area contributed by atoms with Gasteiger partial charge in [0.2, 0.25) is 0 Å². The van der Waals surface area contributed by atoms with E-state index in [1.165, 1.54) is 82.8 Å². The van der Waals surface area contributed by atoms with Gasteiger partial charge in [-0.25, -0.2) is 0 Å². The SMILES string of the molecule is c1ccc(-c2ccc(N(c3ccc4c(c3)sc3ccccc34)c3ccc4oc5c(N(c6ccccc6)c6ccccc6)cccc5c4c3)cc2)cc1.c1ccc(-c2ccc(N(c3ccccc3)c3cccc4c3oc3ccc(N(c5ccccc5)c5ccc6c(c5)sc5ccccc56)cc34)cc2)cc1.c1ccc(N(c2ccc3c(c2)sc2ccccc23)c2ccc3oc4c(N(c5ccccc5)c5ccccc5)cccc4c3c2)cc1. The monoisotopic (exact) mass is 1980 g/mol. The molecule has 0 aliphatic heterocycles. The van der Waals surface area contributed by atoms with Crippen molar-refractivity contribution in [1.29, 1.82) is 0 Å². The van der Waals surface area contributed by atoms with E-state index in [4.69, 9.17) is 13.3 Å². The maximum Gasteiger partial charge on any atom is 0.159 e. The molecule has 0 spiro atoms. The average molecular weight is 1980 g/mol. The molecule has 0 fully saturated rings.